The summed E-state index contributed by atoms with van der Waals surface area (Å²) in [5.74, 6) is 0.921. The summed E-state index contributed by atoms with van der Waals surface area (Å²) in [6.07, 6.45) is 9.83. The lowest BCUT2D eigenvalue weighted by Crippen LogP contribution is -2.23. The molecule has 1 saturated carbocycles. The fourth-order valence-electron chi connectivity index (χ4n) is 2.98. The zero-order valence-corrected chi connectivity index (χ0v) is 11.9. The molecule has 1 aliphatic heterocycles. The van der Waals surface area contributed by atoms with E-state index < -0.39 is 0 Å². The Morgan fingerprint density at radius 1 is 0.900 bits per heavy atom. The maximum atomic E-state index is 5.95. The van der Waals surface area contributed by atoms with E-state index in [2.05, 4.69) is 19.9 Å². The van der Waals surface area contributed by atoms with Gasteiger partial charge >= 0.3 is 6.01 Å². The molecule has 0 bridgehead atoms. The number of aromatic nitrogens is 3. The van der Waals surface area contributed by atoms with E-state index in [1.54, 1.807) is 0 Å². The Labute approximate surface area is 119 Å². The predicted octanol–water partition coefficient (Wildman–Crippen LogP) is 2.16. The summed E-state index contributed by atoms with van der Waals surface area (Å²) in [6.45, 7) is 1.98. The van der Waals surface area contributed by atoms with Crippen LogP contribution in [-0.2, 0) is 0 Å². The van der Waals surface area contributed by atoms with E-state index in [0.29, 0.717) is 12.0 Å². The summed E-state index contributed by atoms with van der Waals surface area (Å²) in [6, 6.07) is 0.395. The molecule has 0 atom stereocenters. The van der Waals surface area contributed by atoms with Gasteiger partial charge in [0.05, 0.1) is 0 Å². The molecule has 2 fully saturated rings. The van der Waals surface area contributed by atoms with Crippen LogP contribution in [-0.4, -0.2) is 34.1 Å². The van der Waals surface area contributed by atoms with Crippen molar-refractivity contribution in [1.82, 2.24) is 15.0 Å². The first kappa shape index (κ1) is 13.4. The topological polar surface area (TPSA) is 77.2 Å². The predicted molar refractivity (Wildman–Crippen MR) is 77.8 cm³/mol. The summed E-state index contributed by atoms with van der Waals surface area (Å²) >= 11 is 0. The maximum absolute atomic E-state index is 5.95. The number of hydrogen-bond acceptors (Lipinski definition) is 6. The number of anilines is 2. The minimum absolute atomic E-state index is 0.228. The molecule has 6 heteroatoms. The van der Waals surface area contributed by atoms with E-state index in [1.165, 1.54) is 38.5 Å². The van der Waals surface area contributed by atoms with Crippen molar-refractivity contribution in [3.63, 3.8) is 0 Å². The van der Waals surface area contributed by atoms with Gasteiger partial charge in [0.2, 0.25) is 11.9 Å². The van der Waals surface area contributed by atoms with E-state index in [-0.39, 0.29) is 12.1 Å². The molecule has 2 N–H and O–H groups in total. The highest BCUT2D eigenvalue weighted by atomic mass is 16.5. The number of nitrogens with zero attached hydrogens (tertiary/aromatic N) is 4. The molecule has 3 rings (SSSR count). The van der Waals surface area contributed by atoms with E-state index >= 15 is 0 Å². The molecule has 1 aliphatic carbocycles. The molecule has 2 aliphatic rings. The van der Waals surface area contributed by atoms with Crippen LogP contribution in [0.25, 0.3) is 0 Å². The Balaban J connectivity index is 1.71. The van der Waals surface area contributed by atoms with Crippen LogP contribution in [0, 0.1) is 0 Å². The summed E-state index contributed by atoms with van der Waals surface area (Å²) in [7, 11) is 0. The van der Waals surface area contributed by atoms with Crippen molar-refractivity contribution in [2.24, 2.45) is 0 Å². The fourth-order valence-corrected chi connectivity index (χ4v) is 2.98. The average molecular weight is 277 g/mol. The standard InChI is InChI=1S/C14H23N5O/c15-12-16-13(19-9-5-6-10-19)18-14(17-12)20-11-7-3-1-2-4-8-11/h11H,1-10H2,(H2,15,16,17,18). The van der Waals surface area contributed by atoms with Gasteiger partial charge in [-0.25, -0.2) is 0 Å². The molecule has 0 amide bonds. The maximum Gasteiger partial charge on any atom is 0.323 e. The van der Waals surface area contributed by atoms with Gasteiger partial charge < -0.3 is 15.4 Å². The highest BCUT2D eigenvalue weighted by molar-refractivity contribution is 5.36. The molecular formula is C14H23N5O. The third kappa shape index (κ3) is 3.29. The summed E-state index contributed by atoms with van der Waals surface area (Å²) < 4.78 is 5.95. The Morgan fingerprint density at radius 3 is 2.30 bits per heavy atom. The van der Waals surface area contributed by atoms with E-state index in [9.17, 15) is 0 Å². The van der Waals surface area contributed by atoms with Crippen molar-refractivity contribution in [2.45, 2.75) is 57.5 Å². The Hall–Kier alpha value is -1.59. The molecule has 0 spiro atoms. The average Bonchev–Trinajstić information content (AvgIpc) is 2.85. The van der Waals surface area contributed by atoms with Crippen molar-refractivity contribution in [2.75, 3.05) is 23.7 Å². The van der Waals surface area contributed by atoms with E-state index in [1.807, 2.05) is 0 Å². The summed E-state index contributed by atoms with van der Waals surface area (Å²) in [5.41, 5.74) is 5.79. The number of ether oxygens (including phenoxy) is 1. The van der Waals surface area contributed by atoms with Crippen LogP contribution in [0.3, 0.4) is 0 Å². The SMILES string of the molecule is Nc1nc(OC2CCCCCC2)nc(N2CCCC2)n1. The van der Waals surface area contributed by atoms with E-state index in [0.717, 1.165) is 25.9 Å². The van der Waals surface area contributed by atoms with Gasteiger partial charge in [0.15, 0.2) is 0 Å². The van der Waals surface area contributed by atoms with Gasteiger partial charge in [-0.1, -0.05) is 12.8 Å². The van der Waals surface area contributed by atoms with Crippen LogP contribution in [0.15, 0.2) is 0 Å². The van der Waals surface area contributed by atoms with Crippen molar-refractivity contribution in [3.05, 3.63) is 0 Å². The molecular weight excluding hydrogens is 254 g/mol. The smallest absolute Gasteiger partial charge is 0.323 e. The largest absolute Gasteiger partial charge is 0.460 e. The molecule has 1 aromatic heterocycles. The first-order chi connectivity index (χ1) is 9.81. The summed E-state index contributed by atoms with van der Waals surface area (Å²) in [4.78, 5) is 15.0. The molecule has 6 nitrogen and oxygen atoms in total. The Bertz CT molecular complexity index is 439. The second-order valence-corrected chi connectivity index (χ2v) is 5.70. The monoisotopic (exact) mass is 277 g/mol. The number of rotatable bonds is 3. The lowest BCUT2D eigenvalue weighted by molar-refractivity contribution is 0.168. The van der Waals surface area contributed by atoms with Gasteiger partial charge in [-0.3, -0.25) is 0 Å². The first-order valence-corrected chi connectivity index (χ1v) is 7.74. The molecule has 0 radical (unpaired) electrons. The second kappa shape index (κ2) is 6.24. The molecule has 2 heterocycles. The molecule has 0 unspecified atom stereocenters. The highest BCUT2D eigenvalue weighted by Gasteiger charge is 2.19. The summed E-state index contributed by atoms with van der Waals surface area (Å²) in [5, 5.41) is 0. The van der Waals surface area contributed by atoms with Crippen molar-refractivity contribution < 1.29 is 4.74 Å². The lowest BCUT2D eigenvalue weighted by Gasteiger charge is -2.18. The molecule has 20 heavy (non-hydrogen) atoms. The van der Waals surface area contributed by atoms with Gasteiger partial charge in [-0.15, -0.1) is 0 Å². The van der Waals surface area contributed by atoms with Crippen LogP contribution in [0.5, 0.6) is 6.01 Å². The van der Waals surface area contributed by atoms with Crippen LogP contribution in [0.2, 0.25) is 0 Å². The van der Waals surface area contributed by atoms with E-state index in [4.69, 9.17) is 10.5 Å². The van der Waals surface area contributed by atoms with Crippen molar-refractivity contribution >= 4 is 11.9 Å². The number of hydrogen-bond donors (Lipinski definition) is 1. The second-order valence-electron chi connectivity index (χ2n) is 5.70. The van der Waals surface area contributed by atoms with Gasteiger partial charge in [-0.2, -0.15) is 15.0 Å². The zero-order chi connectivity index (χ0) is 13.8. The number of nitrogens with two attached hydrogens (primary N) is 1. The van der Waals surface area contributed by atoms with Crippen LogP contribution < -0.4 is 15.4 Å². The van der Waals surface area contributed by atoms with Gasteiger partial charge in [0.1, 0.15) is 6.10 Å². The van der Waals surface area contributed by atoms with Gasteiger partial charge in [0.25, 0.3) is 0 Å². The molecule has 1 aromatic rings. The van der Waals surface area contributed by atoms with Crippen LogP contribution in [0.1, 0.15) is 51.4 Å². The van der Waals surface area contributed by atoms with Crippen LogP contribution >= 0.6 is 0 Å². The normalized spacial score (nSPS) is 20.9. The van der Waals surface area contributed by atoms with Gasteiger partial charge in [0, 0.05) is 13.1 Å². The zero-order valence-electron chi connectivity index (χ0n) is 11.9. The Kier molecular flexibility index (Phi) is 4.18. The van der Waals surface area contributed by atoms with Crippen molar-refractivity contribution in [3.8, 4) is 6.01 Å². The first-order valence-electron chi connectivity index (χ1n) is 7.74. The molecule has 0 aromatic carbocycles. The molecule has 110 valence electrons. The number of nitrogen functional groups attached to an aromatic ring is 1. The third-order valence-corrected chi connectivity index (χ3v) is 4.08. The highest BCUT2D eigenvalue weighted by Crippen LogP contribution is 2.23. The third-order valence-electron chi connectivity index (χ3n) is 4.08. The lowest BCUT2D eigenvalue weighted by atomic mass is 10.2. The quantitative estimate of drug-likeness (QED) is 0.853. The Morgan fingerprint density at radius 2 is 1.60 bits per heavy atom. The minimum Gasteiger partial charge on any atom is -0.460 e. The molecule has 1 saturated heterocycles. The minimum atomic E-state index is 0.228. The van der Waals surface area contributed by atoms with Crippen molar-refractivity contribution in [1.29, 1.82) is 0 Å². The van der Waals surface area contributed by atoms with Crippen LogP contribution in [0.4, 0.5) is 11.9 Å². The fraction of sp³-hybridized carbons (Fsp3) is 0.786. The van der Waals surface area contributed by atoms with Gasteiger partial charge in [-0.05, 0) is 38.5 Å².